The zero-order valence-electron chi connectivity index (χ0n) is 9.65. The Morgan fingerprint density at radius 3 is 2.89 bits per heavy atom. The normalized spacial score (nSPS) is 11.1. The third-order valence-electron chi connectivity index (χ3n) is 2.79. The lowest BCUT2D eigenvalue weighted by molar-refractivity contribution is 0.977. The summed E-state index contributed by atoms with van der Waals surface area (Å²) in [6, 6.07) is 7.52. The molecule has 0 N–H and O–H groups in total. The maximum Gasteiger partial charge on any atom is 0.129 e. The van der Waals surface area contributed by atoms with E-state index in [4.69, 9.17) is 23.2 Å². The van der Waals surface area contributed by atoms with Gasteiger partial charge in [-0.1, -0.05) is 11.6 Å². The van der Waals surface area contributed by atoms with E-state index in [0.29, 0.717) is 10.9 Å². The van der Waals surface area contributed by atoms with Gasteiger partial charge < -0.3 is 0 Å². The molecule has 0 unspecified atom stereocenters. The quantitative estimate of drug-likeness (QED) is 0.629. The van der Waals surface area contributed by atoms with Gasteiger partial charge >= 0.3 is 0 Å². The van der Waals surface area contributed by atoms with E-state index in [-0.39, 0.29) is 0 Å². The van der Waals surface area contributed by atoms with Crippen molar-refractivity contribution < 1.29 is 0 Å². The first-order valence-electron chi connectivity index (χ1n) is 5.53. The molecule has 0 saturated heterocycles. The summed E-state index contributed by atoms with van der Waals surface area (Å²) in [6.45, 7) is 0. The first-order chi connectivity index (χ1) is 9.20. The molecule has 0 fully saturated rings. The third kappa shape index (κ3) is 2.24. The zero-order chi connectivity index (χ0) is 13.4. The molecule has 0 aliphatic carbocycles. The summed E-state index contributed by atoms with van der Waals surface area (Å²) < 4.78 is 2.92. The minimum atomic E-state index is 0.313. The van der Waals surface area contributed by atoms with Crippen molar-refractivity contribution in [3.63, 3.8) is 0 Å². The molecule has 3 nitrogen and oxygen atoms in total. The Hall–Kier alpha value is -1.10. The van der Waals surface area contributed by atoms with Crippen LogP contribution in [0.15, 0.2) is 41.1 Å². The van der Waals surface area contributed by atoms with E-state index in [1.807, 2.05) is 28.8 Å². The predicted octanol–water partition coefficient (Wildman–Crippen LogP) is 4.58. The highest BCUT2D eigenvalue weighted by molar-refractivity contribution is 9.10. The number of halogens is 3. The van der Waals surface area contributed by atoms with Gasteiger partial charge in [0, 0.05) is 15.7 Å². The van der Waals surface area contributed by atoms with Crippen molar-refractivity contribution in [1.82, 2.24) is 14.5 Å². The lowest BCUT2D eigenvalue weighted by Crippen LogP contribution is -2.00. The number of nitrogens with zero attached hydrogens (tertiary/aromatic N) is 3. The second kappa shape index (κ2) is 5.12. The van der Waals surface area contributed by atoms with Crippen molar-refractivity contribution in [2.75, 3.05) is 0 Å². The second-order valence-electron chi connectivity index (χ2n) is 3.96. The second-order valence-corrected chi connectivity index (χ2v) is 5.52. The van der Waals surface area contributed by atoms with Gasteiger partial charge in [-0.3, -0.25) is 9.55 Å². The molecular weight excluding hydrogens is 349 g/mol. The lowest BCUT2D eigenvalue weighted by Gasteiger charge is -2.10. The molecule has 3 rings (SSSR count). The molecule has 0 spiro atoms. The Kier molecular flexibility index (Phi) is 3.48. The number of aromatic nitrogens is 3. The summed E-state index contributed by atoms with van der Waals surface area (Å²) >= 11 is 15.6. The fraction of sp³-hybridized carbons (Fsp3) is 0.0769. The summed E-state index contributed by atoms with van der Waals surface area (Å²) in [5.41, 5.74) is 2.68. The number of rotatable bonds is 2. The molecule has 0 amide bonds. The highest BCUT2D eigenvalue weighted by atomic mass is 79.9. The first kappa shape index (κ1) is 12.9. The van der Waals surface area contributed by atoms with Gasteiger partial charge in [0.05, 0.1) is 23.3 Å². The summed E-state index contributed by atoms with van der Waals surface area (Å²) in [6.07, 6.45) is 3.46. The number of pyridine rings is 1. The maximum atomic E-state index is 6.08. The SMILES string of the molecule is ClCc1nc2cnccc2n1-c1cc(Cl)ccc1Br. The van der Waals surface area contributed by atoms with E-state index < -0.39 is 0 Å². The van der Waals surface area contributed by atoms with Crippen LogP contribution in [0.5, 0.6) is 0 Å². The topological polar surface area (TPSA) is 30.7 Å². The summed E-state index contributed by atoms with van der Waals surface area (Å²) in [5, 5.41) is 0.662. The monoisotopic (exact) mass is 355 g/mol. The minimum Gasteiger partial charge on any atom is -0.294 e. The number of fused-ring (bicyclic) bond motifs is 1. The van der Waals surface area contributed by atoms with Gasteiger partial charge in [-0.2, -0.15) is 0 Å². The van der Waals surface area contributed by atoms with Crippen molar-refractivity contribution in [3.8, 4) is 5.69 Å². The fourth-order valence-electron chi connectivity index (χ4n) is 2.00. The highest BCUT2D eigenvalue weighted by Crippen LogP contribution is 2.29. The van der Waals surface area contributed by atoms with Crippen LogP contribution in [0.2, 0.25) is 5.02 Å². The number of hydrogen-bond donors (Lipinski definition) is 0. The molecule has 1 aromatic carbocycles. The van der Waals surface area contributed by atoms with Gasteiger partial charge in [0.1, 0.15) is 11.3 Å². The number of imidazole rings is 1. The molecule has 0 radical (unpaired) electrons. The van der Waals surface area contributed by atoms with Gasteiger partial charge in [0.25, 0.3) is 0 Å². The maximum absolute atomic E-state index is 6.08. The van der Waals surface area contributed by atoms with Crippen molar-refractivity contribution in [1.29, 1.82) is 0 Å². The fourth-order valence-corrected chi connectivity index (χ4v) is 2.77. The van der Waals surface area contributed by atoms with E-state index >= 15 is 0 Å². The van der Waals surface area contributed by atoms with E-state index in [0.717, 1.165) is 27.0 Å². The van der Waals surface area contributed by atoms with Crippen LogP contribution < -0.4 is 0 Å². The predicted molar refractivity (Wildman–Crippen MR) is 81.1 cm³/mol. The van der Waals surface area contributed by atoms with Crippen LogP contribution in [0.1, 0.15) is 5.82 Å². The van der Waals surface area contributed by atoms with Crippen LogP contribution in [0.25, 0.3) is 16.7 Å². The van der Waals surface area contributed by atoms with Crippen molar-refractivity contribution in [2.45, 2.75) is 5.88 Å². The molecule has 3 aromatic rings. The summed E-state index contributed by atoms with van der Waals surface area (Å²) in [7, 11) is 0. The van der Waals surface area contributed by atoms with Crippen LogP contribution in [0.3, 0.4) is 0 Å². The molecule has 0 aliphatic heterocycles. The molecule has 19 heavy (non-hydrogen) atoms. The number of benzene rings is 1. The van der Waals surface area contributed by atoms with Crippen LogP contribution >= 0.6 is 39.1 Å². The summed E-state index contributed by atoms with van der Waals surface area (Å²) in [4.78, 5) is 8.56. The molecule has 2 heterocycles. The molecule has 0 aliphatic rings. The smallest absolute Gasteiger partial charge is 0.129 e. The zero-order valence-corrected chi connectivity index (χ0v) is 12.7. The van der Waals surface area contributed by atoms with E-state index in [9.17, 15) is 0 Å². The first-order valence-corrected chi connectivity index (χ1v) is 7.24. The van der Waals surface area contributed by atoms with Gasteiger partial charge in [0.2, 0.25) is 0 Å². The molecule has 0 bridgehead atoms. The molecule has 0 saturated carbocycles. The largest absolute Gasteiger partial charge is 0.294 e. The van der Waals surface area contributed by atoms with Crippen LogP contribution in [-0.2, 0) is 5.88 Å². The van der Waals surface area contributed by atoms with E-state index in [2.05, 4.69) is 25.9 Å². The Labute approximate surface area is 128 Å². The third-order valence-corrected chi connectivity index (χ3v) is 3.94. The van der Waals surface area contributed by atoms with Crippen LogP contribution in [0.4, 0.5) is 0 Å². The van der Waals surface area contributed by atoms with Crippen LogP contribution in [0, 0.1) is 0 Å². The Balaban J connectivity index is 2.37. The summed E-state index contributed by atoms with van der Waals surface area (Å²) in [5.74, 6) is 1.07. The van der Waals surface area contributed by atoms with Crippen molar-refractivity contribution in [2.24, 2.45) is 0 Å². The van der Waals surface area contributed by atoms with Crippen molar-refractivity contribution in [3.05, 3.63) is 52.0 Å². The van der Waals surface area contributed by atoms with Gasteiger partial charge in [-0.25, -0.2) is 4.98 Å². The van der Waals surface area contributed by atoms with Crippen molar-refractivity contribution >= 4 is 50.2 Å². The average Bonchev–Trinajstić information content (AvgIpc) is 2.80. The average molecular weight is 357 g/mol. The molecule has 96 valence electrons. The highest BCUT2D eigenvalue weighted by Gasteiger charge is 2.14. The molecular formula is C13H8BrCl2N3. The van der Waals surface area contributed by atoms with Gasteiger partial charge in [0.15, 0.2) is 0 Å². The Morgan fingerprint density at radius 1 is 1.26 bits per heavy atom. The molecule has 0 atom stereocenters. The Morgan fingerprint density at radius 2 is 2.11 bits per heavy atom. The molecule has 6 heteroatoms. The molecule has 2 aromatic heterocycles. The van der Waals surface area contributed by atoms with Gasteiger partial charge in [-0.05, 0) is 40.2 Å². The Bertz CT molecular complexity index is 755. The minimum absolute atomic E-state index is 0.313. The number of alkyl halides is 1. The van der Waals surface area contributed by atoms with E-state index in [1.54, 1.807) is 12.4 Å². The standard InChI is InChI=1S/C13H8BrCl2N3/c14-9-2-1-8(16)5-12(9)19-11-3-4-17-7-10(11)18-13(19)6-15/h1-5,7H,6H2. The lowest BCUT2D eigenvalue weighted by atomic mass is 10.3. The van der Waals surface area contributed by atoms with E-state index in [1.165, 1.54) is 0 Å². The number of hydrogen-bond acceptors (Lipinski definition) is 2. The van der Waals surface area contributed by atoms with Crippen LogP contribution in [-0.4, -0.2) is 14.5 Å². The van der Waals surface area contributed by atoms with Gasteiger partial charge in [-0.15, -0.1) is 11.6 Å².